The number of amides is 1. The zero-order valence-electron chi connectivity index (χ0n) is 10.3. The van der Waals surface area contributed by atoms with Crippen LogP contribution in [0.3, 0.4) is 0 Å². The maximum atomic E-state index is 11.9. The number of pyridine rings is 1. The number of nitrogens with one attached hydrogen (secondary N) is 1. The first-order chi connectivity index (χ1) is 7.97. The lowest BCUT2D eigenvalue weighted by Gasteiger charge is -2.18. The van der Waals surface area contributed by atoms with E-state index in [1.165, 1.54) is 0 Å². The van der Waals surface area contributed by atoms with Crippen LogP contribution in [0.4, 0.5) is 5.69 Å². The SMILES string of the molecule is CC[C@H](C)[C@H](N)C(=O)Nc1c(C)ccnc1Cl. The molecule has 0 bridgehead atoms. The highest BCUT2D eigenvalue weighted by Crippen LogP contribution is 2.23. The maximum Gasteiger partial charge on any atom is 0.241 e. The fourth-order valence-electron chi connectivity index (χ4n) is 1.39. The van der Waals surface area contributed by atoms with E-state index in [0.717, 1.165) is 12.0 Å². The van der Waals surface area contributed by atoms with Gasteiger partial charge in [-0.05, 0) is 24.5 Å². The lowest BCUT2D eigenvalue weighted by molar-refractivity contribution is -0.118. The van der Waals surface area contributed by atoms with Crippen LogP contribution in [0.15, 0.2) is 12.3 Å². The number of carbonyl (C=O) groups excluding carboxylic acids is 1. The minimum atomic E-state index is -0.532. The molecule has 0 radical (unpaired) electrons. The van der Waals surface area contributed by atoms with Gasteiger partial charge in [-0.15, -0.1) is 0 Å². The fraction of sp³-hybridized carbons (Fsp3) is 0.500. The number of nitrogens with zero attached hydrogens (tertiary/aromatic N) is 1. The Morgan fingerprint density at radius 3 is 2.82 bits per heavy atom. The number of aromatic nitrogens is 1. The molecule has 1 rings (SSSR count). The molecule has 1 aromatic heterocycles. The first-order valence-corrected chi connectivity index (χ1v) is 6.02. The minimum absolute atomic E-state index is 0.130. The van der Waals surface area contributed by atoms with Crippen molar-refractivity contribution < 1.29 is 4.79 Å². The molecule has 94 valence electrons. The molecule has 5 heteroatoms. The summed E-state index contributed by atoms with van der Waals surface area (Å²) >= 11 is 5.93. The third-order valence-electron chi connectivity index (χ3n) is 2.92. The Labute approximate surface area is 107 Å². The van der Waals surface area contributed by atoms with Crippen molar-refractivity contribution in [1.29, 1.82) is 0 Å². The van der Waals surface area contributed by atoms with Crippen LogP contribution in [0.2, 0.25) is 5.15 Å². The molecule has 1 amide bonds. The third kappa shape index (κ3) is 3.41. The van der Waals surface area contributed by atoms with E-state index in [2.05, 4.69) is 10.3 Å². The molecule has 17 heavy (non-hydrogen) atoms. The summed E-state index contributed by atoms with van der Waals surface area (Å²) in [6.07, 6.45) is 2.45. The predicted molar refractivity (Wildman–Crippen MR) is 70.0 cm³/mol. The van der Waals surface area contributed by atoms with Crippen molar-refractivity contribution in [3.63, 3.8) is 0 Å². The van der Waals surface area contributed by atoms with Crippen LogP contribution in [0.25, 0.3) is 0 Å². The van der Waals surface area contributed by atoms with Crippen LogP contribution >= 0.6 is 11.6 Å². The van der Waals surface area contributed by atoms with Crippen molar-refractivity contribution >= 4 is 23.2 Å². The Morgan fingerprint density at radius 1 is 1.65 bits per heavy atom. The average molecular weight is 256 g/mol. The maximum absolute atomic E-state index is 11.9. The van der Waals surface area contributed by atoms with Crippen molar-refractivity contribution in [2.45, 2.75) is 33.2 Å². The molecule has 0 spiro atoms. The zero-order chi connectivity index (χ0) is 13.0. The highest BCUT2D eigenvalue weighted by molar-refractivity contribution is 6.32. The predicted octanol–water partition coefficient (Wildman–Crippen LogP) is 2.36. The molecule has 0 saturated heterocycles. The van der Waals surface area contributed by atoms with Crippen molar-refractivity contribution in [3.8, 4) is 0 Å². The van der Waals surface area contributed by atoms with Gasteiger partial charge in [0.2, 0.25) is 5.91 Å². The lowest BCUT2D eigenvalue weighted by Crippen LogP contribution is -2.40. The highest BCUT2D eigenvalue weighted by atomic mass is 35.5. The summed E-state index contributed by atoms with van der Waals surface area (Å²) in [4.78, 5) is 15.8. The Balaban J connectivity index is 2.81. The van der Waals surface area contributed by atoms with Crippen molar-refractivity contribution in [2.24, 2.45) is 11.7 Å². The van der Waals surface area contributed by atoms with Crippen LogP contribution < -0.4 is 11.1 Å². The molecule has 1 aromatic rings. The number of rotatable bonds is 4. The van der Waals surface area contributed by atoms with Gasteiger partial charge in [-0.1, -0.05) is 31.9 Å². The van der Waals surface area contributed by atoms with Crippen molar-refractivity contribution in [1.82, 2.24) is 4.98 Å². The second-order valence-electron chi connectivity index (χ2n) is 4.19. The molecule has 0 aliphatic rings. The number of halogens is 1. The van der Waals surface area contributed by atoms with Crippen molar-refractivity contribution in [2.75, 3.05) is 5.32 Å². The molecule has 0 saturated carbocycles. The van der Waals surface area contributed by atoms with Crippen LogP contribution in [-0.4, -0.2) is 16.9 Å². The van der Waals surface area contributed by atoms with Crippen LogP contribution in [0, 0.1) is 12.8 Å². The van der Waals surface area contributed by atoms with E-state index < -0.39 is 6.04 Å². The molecule has 2 atom stereocenters. The number of carbonyl (C=O) groups is 1. The Kier molecular flexibility index (Phi) is 4.90. The van der Waals surface area contributed by atoms with Gasteiger partial charge >= 0.3 is 0 Å². The monoisotopic (exact) mass is 255 g/mol. The zero-order valence-corrected chi connectivity index (χ0v) is 11.1. The second-order valence-corrected chi connectivity index (χ2v) is 4.55. The largest absolute Gasteiger partial charge is 0.322 e. The second kappa shape index (κ2) is 5.98. The summed E-state index contributed by atoms with van der Waals surface area (Å²) in [6.45, 7) is 5.81. The van der Waals surface area contributed by atoms with Crippen LogP contribution in [0.1, 0.15) is 25.8 Å². The van der Waals surface area contributed by atoms with E-state index in [1.54, 1.807) is 12.3 Å². The first kappa shape index (κ1) is 13.9. The quantitative estimate of drug-likeness (QED) is 0.812. The summed E-state index contributed by atoms with van der Waals surface area (Å²) < 4.78 is 0. The van der Waals surface area contributed by atoms with E-state index in [4.69, 9.17) is 17.3 Å². The molecular weight excluding hydrogens is 238 g/mol. The Bertz CT molecular complexity index is 388. The molecular formula is C12H18ClN3O. The number of hydrogen-bond donors (Lipinski definition) is 2. The Hall–Kier alpha value is -1.13. The summed E-state index contributed by atoms with van der Waals surface area (Å²) in [6, 6.07) is 1.26. The molecule has 0 aliphatic carbocycles. The standard InChI is InChI=1S/C12H18ClN3O/c1-4-7(2)9(14)12(17)16-10-8(3)5-6-15-11(10)13/h5-7,9H,4,14H2,1-3H3,(H,16,17)/t7-,9-/m0/s1. The number of hydrogen-bond acceptors (Lipinski definition) is 3. The molecule has 0 unspecified atom stereocenters. The summed E-state index contributed by atoms with van der Waals surface area (Å²) in [5.74, 6) is -0.0943. The van der Waals surface area contributed by atoms with Gasteiger partial charge in [-0.2, -0.15) is 0 Å². The van der Waals surface area contributed by atoms with Crippen LogP contribution in [-0.2, 0) is 4.79 Å². The number of nitrogens with two attached hydrogens (primary N) is 1. The smallest absolute Gasteiger partial charge is 0.241 e. The molecule has 3 N–H and O–H groups in total. The van der Waals surface area contributed by atoms with E-state index in [0.29, 0.717) is 5.69 Å². The normalized spacial score (nSPS) is 14.2. The van der Waals surface area contributed by atoms with Gasteiger partial charge in [-0.3, -0.25) is 4.79 Å². The Morgan fingerprint density at radius 2 is 2.29 bits per heavy atom. The summed E-state index contributed by atoms with van der Waals surface area (Å²) in [7, 11) is 0. The fourth-order valence-corrected chi connectivity index (χ4v) is 1.65. The van der Waals surface area contributed by atoms with Crippen molar-refractivity contribution in [3.05, 3.63) is 23.0 Å². The minimum Gasteiger partial charge on any atom is -0.322 e. The number of aryl methyl sites for hydroxylation is 1. The molecule has 1 heterocycles. The van der Waals surface area contributed by atoms with E-state index in [-0.39, 0.29) is 17.0 Å². The molecule has 0 aliphatic heterocycles. The van der Waals surface area contributed by atoms with Gasteiger partial charge in [0.1, 0.15) is 0 Å². The van der Waals surface area contributed by atoms with Gasteiger partial charge in [0.15, 0.2) is 5.15 Å². The van der Waals surface area contributed by atoms with Gasteiger partial charge in [0, 0.05) is 6.20 Å². The molecule has 0 fully saturated rings. The number of anilines is 1. The van der Waals surface area contributed by atoms with E-state index >= 15 is 0 Å². The van der Waals surface area contributed by atoms with E-state index in [1.807, 2.05) is 20.8 Å². The molecule has 0 aromatic carbocycles. The van der Waals surface area contributed by atoms with Gasteiger partial charge in [0.05, 0.1) is 11.7 Å². The topological polar surface area (TPSA) is 68.0 Å². The van der Waals surface area contributed by atoms with Gasteiger partial charge < -0.3 is 11.1 Å². The first-order valence-electron chi connectivity index (χ1n) is 5.64. The summed E-state index contributed by atoms with van der Waals surface area (Å²) in [5.41, 5.74) is 7.25. The highest BCUT2D eigenvalue weighted by Gasteiger charge is 2.20. The van der Waals surface area contributed by atoms with E-state index in [9.17, 15) is 4.79 Å². The van der Waals surface area contributed by atoms with Gasteiger partial charge in [0.25, 0.3) is 0 Å². The van der Waals surface area contributed by atoms with Gasteiger partial charge in [-0.25, -0.2) is 4.98 Å². The summed E-state index contributed by atoms with van der Waals surface area (Å²) in [5, 5.41) is 3.02. The molecule has 4 nitrogen and oxygen atoms in total. The van der Waals surface area contributed by atoms with Crippen LogP contribution in [0.5, 0.6) is 0 Å². The average Bonchev–Trinajstić information content (AvgIpc) is 2.31. The third-order valence-corrected chi connectivity index (χ3v) is 3.21. The lowest BCUT2D eigenvalue weighted by atomic mass is 9.99.